The zero-order valence-electron chi connectivity index (χ0n) is 15.0. The maximum Gasteiger partial charge on any atom is 0.0218 e. The van der Waals surface area contributed by atoms with Gasteiger partial charge in [-0.15, -0.1) is 0 Å². The Balaban J connectivity index is 2.09. The van der Waals surface area contributed by atoms with Crippen LogP contribution in [0.15, 0.2) is 0 Å². The molecule has 2 unspecified atom stereocenters. The number of hydrogen-bond donors (Lipinski definition) is 1. The topological polar surface area (TPSA) is 15.3 Å². The van der Waals surface area contributed by atoms with Crippen molar-refractivity contribution in [3.05, 3.63) is 0 Å². The Labute approximate surface area is 134 Å². The lowest BCUT2D eigenvalue weighted by atomic mass is 10.0. The lowest BCUT2D eigenvalue weighted by molar-refractivity contribution is 0.120. The van der Waals surface area contributed by atoms with Crippen LogP contribution in [0.5, 0.6) is 0 Å². The van der Waals surface area contributed by atoms with Crippen molar-refractivity contribution in [2.45, 2.75) is 103 Å². The molecule has 0 saturated carbocycles. The summed E-state index contributed by atoms with van der Waals surface area (Å²) in [6, 6.07) is 1.52. The predicted octanol–water partition coefficient (Wildman–Crippen LogP) is 4.98. The van der Waals surface area contributed by atoms with Crippen molar-refractivity contribution in [1.82, 2.24) is 10.2 Å². The monoisotopic (exact) mass is 296 g/mol. The highest BCUT2D eigenvalue weighted by molar-refractivity contribution is 4.85. The summed E-state index contributed by atoms with van der Waals surface area (Å²) in [6.45, 7) is 10.8. The van der Waals surface area contributed by atoms with Crippen LogP contribution in [0.25, 0.3) is 0 Å². The van der Waals surface area contributed by atoms with E-state index in [9.17, 15) is 0 Å². The summed E-state index contributed by atoms with van der Waals surface area (Å²) in [5, 5.41) is 3.74. The standard InChI is InChI=1S/C19H40N2/c1-4-7-8-9-10-11-12-13-15-21-17-18(14-5-2)20-16-19(21)6-3/h18-20H,4-17H2,1-3H3. The molecule has 1 N–H and O–H groups in total. The molecule has 2 nitrogen and oxygen atoms in total. The predicted molar refractivity (Wildman–Crippen MR) is 95.0 cm³/mol. The highest BCUT2D eigenvalue weighted by atomic mass is 15.2. The third-order valence-electron chi connectivity index (χ3n) is 5.02. The van der Waals surface area contributed by atoms with Crippen molar-refractivity contribution in [3.8, 4) is 0 Å². The van der Waals surface area contributed by atoms with Crippen molar-refractivity contribution in [2.75, 3.05) is 19.6 Å². The van der Waals surface area contributed by atoms with Crippen LogP contribution in [-0.4, -0.2) is 36.6 Å². The zero-order valence-corrected chi connectivity index (χ0v) is 15.0. The molecule has 1 aliphatic rings. The minimum Gasteiger partial charge on any atom is -0.311 e. The Bertz CT molecular complexity index is 230. The first-order valence-electron chi connectivity index (χ1n) is 9.79. The fourth-order valence-corrected chi connectivity index (χ4v) is 3.60. The van der Waals surface area contributed by atoms with E-state index >= 15 is 0 Å². The van der Waals surface area contributed by atoms with Crippen molar-refractivity contribution in [1.29, 1.82) is 0 Å². The van der Waals surface area contributed by atoms with E-state index in [-0.39, 0.29) is 0 Å². The Morgan fingerprint density at radius 3 is 2.14 bits per heavy atom. The maximum absolute atomic E-state index is 3.74. The van der Waals surface area contributed by atoms with Crippen LogP contribution < -0.4 is 5.32 Å². The van der Waals surface area contributed by atoms with Crippen LogP contribution in [-0.2, 0) is 0 Å². The van der Waals surface area contributed by atoms with Gasteiger partial charge in [-0.2, -0.15) is 0 Å². The first-order valence-corrected chi connectivity index (χ1v) is 9.79. The number of hydrogen-bond acceptors (Lipinski definition) is 2. The highest BCUT2D eigenvalue weighted by Gasteiger charge is 2.25. The quantitative estimate of drug-likeness (QED) is 0.511. The van der Waals surface area contributed by atoms with E-state index in [1.807, 2.05) is 0 Å². The maximum atomic E-state index is 3.74. The van der Waals surface area contributed by atoms with E-state index in [0.717, 1.165) is 12.1 Å². The second kappa shape index (κ2) is 12.5. The molecule has 0 bridgehead atoms. The van der Waals surface area contributed by atoms with Crippen LogP contribution in [0.4, 0.5) is 0 Å². The summed E-state index contributed by atoms with van der Waals surface area (Å²) in [5.41, 5.74) is 0. The molecular weight excluding hydrogens is 256 g/mol. The van der Waals surface area contributed by atoms with Crippen LogP contribution >= 0.6 is 0 Å². The first kappa shape index (κ1) is 19.0. The molecule has 2 heteroatoms. The molecule has 0 aromatic carbocycles. The second-order valence-corrected chi connectivity index (χ2v) is 6.93. The molecule has 2 atom stereocenters. The van der Waals surface area contributed by atoms with Gasteiger partial charge in [0.1, 0.15) is 0 Å². The Hall–Kier alpha value is -0.0800. The van der Waals surface area contributed by atoms with Crippen LogP contribution in [0, 0.1) is 0 Å². The summed E-state index contributed by atoms with van der Waals surface area (Å²) >= 11 is 0. The average molecular weight is 297 g/mol. The van der Waals surface area contributed by atoms with Crippen molar-refractivity contribution in [3.63, 3.8) is 0 Å². The van der Waals surface area contributed by atoms with E-state index in [4.69, 9.17) is 0 Å². The van der Waals surface area contributed by atoms with Gasteiger partial charge in [0.25, 0.3) is 0 Å². The molecule has 1 heterocycles. The lowest BCUT2D eigenvalue weighted by Crippen LogP contribution is -2.56. The second-order valence-electron chi connectivity index (χ2n) is 6.93. The normalized spacial score (nSPS) is 23.6. The number of nitrogens with one attached hydrogen (secondary N) is 1. The highest BCUT2D eigenvalue weighted by Crippen LogP contribution is 2.15. The first-order chi connectivity index (χ1) is 10.3. The third kappa shape index (κ3) is 8.21. The molecule has 0 aromatic heterocycles. The van der Waals surface area contributed by atoms with Gasteiger partial charge in [-0.25, -0.2) is 0 Å². The SMILES string of the molecule is CCCCCCCCCCN1CC(CCC)NCC1CC. The number of rotatable bonds is 12. The van der Waals surface area contributed by atoms with Gasteiger partial charge in [-0.3, -0.25) is 4.90 Å². The van der Waals surface area contributed by atoms with E-state index in [0.29, 0.717) is 0 Å². The summed E-state index contributed by atoms with van der Waals surface area (Å²) in [7, 11) is 0. The molecule has 1 aliphatic heterocycles. The van der Waals surface area contributed by atoms with Gasteiger partial charge in [-0.05, 0) is 25.8 Å². The van der Waals surface area contributed by atoms with Gasteiger partial charge in [-0.1, -0.05) is 72.1 Å². The van der Waals surface area contributed by atoms with Gasteiger partial charge in [0, 0.05) is 25.2 Å². The smallest absolute Gasteiger partial charge is 0.0218 e. The summed E-state index contributed by atoms with van der Waals surface area (Å²) in [4.78, 5) is 2.77. The molecule has 0 amide bonds. The zero-order chi connectivity index (χ0) is 15.3. The molecule has 21 heavy (non-hydrogen) atoms. The van der Waals surface area contributed by atoms with Gasteiger partial charge in [0.15, 0.2) is 0 Å². The van der Waals surface area contributed by atoms with Crippen LogP contribution in [0.1, 0.15) is 91.4 Å². The average Bonchev–Trinajstić information content (AvgIpc) is 2.50. The molecule has 0 radical (unpaired) electrons. The van der Waals surface area contributed by atoms with Crippen molar-refractivity contribution >= 4 is 0 Å². The molecular formula is C19H40N2. The fraction of sp³-hybridized carbons (Fsp3) is 1.00. The molecule has 0 spiro atoms. The van der Waals surface area contributed by atoms with E-state index in [1.54, 1.807) is 0 Å². The molecule has 0 aromatic rings. The van der Waals surface area contributed by atoms with E-state index in [1.165, 1.54) is 90.3 Å². The largest absolute Gasteiger partial charge is 0.311 e. The number of nitrogens with zero attached hydrogens (tertiary/aromatic N) is 1. The molecule has 1 saturated heterocycles. The van der Waals surface area contributed by atoms with Gasteiger partial charge < -0.3 is 5.32 Å². The van der Waals surface area contributed by atoms with Gasteiger partial charge >= 0.3 is 0 Å². The minimum atomic E-state index is 0.742. The van der Waals surface area contributed by atoms with Crippen LogP contribution in [0.2, 0.25) is 0 Å². The molecule has 0 aliphatic carbocycles. The lowest BCUT2D eigenvalue weighted by Gasteiger charge is -2.40. The van der Waals surface area contributed by atoms with E-state index < -0.39 is 0 Å². The molecule has 1 fully saturated rings. The summed E-state index contributed by atoms with van der Waals surface area (Å²) < 4.78 is 0. The Morgan fingerprint density at radius 2 is 1.52 bits per heavy atom. The summed E-state index contributed by atoms with van der Waals surface area (Å²) in [5.74, 6) is 0. The fourth-order valence-electron chi connectivity index (χ4n) is 3.60. The number of unbranched alkanes of at least 4 members (excludes halogenated alkanes) is 7. The molecule has 1 rings (SSSR count). The Kier molecular flexibility index (Phi) is 11.3. The van der Waals surface area contributed by atoms with Crippen molar-refractivity contribution in [2.24, 2.45) is 0 Å². The Morgan fingerprint density at radius 1 is 0.857 bits per heavy atom. The van der Waals surface area contributed by atoms with Crippen molar-refractivity contribution < 1.29 is 0 Å². The van der Waals surface area contributed by atoms with Crippen LogP contribution in [0.3, 0.4) is 0 Å². The van der Waals surface area contributed by atoms with Gasteiger partial charge in [0.2, 0.25) is 0 Å². The molecule has 126 valence electrons. The summed E-state index contributed by atoms with van der Waals surface area (Å²) in [6.07, 6.45) is 15.4. The third-order valence-corrected chi connectivity index (χ3v) is 5.02. The minimum absolute atomic E-state index is 0.742. The van der Waals surface area contributed by atoms with E-state index in [2.05, 4.69) is 31.0 Å². The van der Waals surface area contributed by atoms with Gasteiger partial charge in [0.05, 0.1) is 0 Å². The number of piperazine rings is 1.